The first-order valence-electron chi connectivity index (χ1n) is 9.20. The molecule has 1 atom stereocenters. The Morgan fingerprint density at radius 3 is 2.69 bits per heavy atom. The first kappa shape index (κ1) is 18.2. The first-order valence-corrected chi connectivity index (χ1v) is 9.20. The topological polar surface area (TPSA) is 49.4 Å². The second-order valence-corrected chi connectivity index (χ2v) is 7.12. The second kappa shape index (κ2) is 7.73. The number of amides is 2. The summed E-state index contributed by atoms with van der Waals surface area (Å²) in [4.78, 5) is 26.9. The van der Waals surface area contributed by atoms with Crippen molar-refractivity contribution in [1.82, 2.24) is 4.90 Å². The molecule has 1 heterocycles. The maximum Gasteiger partial charge on any atom is 0.229 e. The molecule has 1 aliphatic heterocycles. The lowest BCUT2D eigenvalue weighted by Crippen LogP contribution is -2.28. The SMILES string of the molecule is CCc1cccc(C)c1NC(=O)C1CC(=O)N(Cc2cccc(C)c2)C1. The molecule has 0 aromatic heterocycles. The Labute approximate surface area is 155 Å². The standard InChI is InChI=1S/C22H26N2O2/c1-4-18-10-6-8-16(3)21(18)23-22(26)19-12-20(25)24(14-19)13-17-9-5-7-15(2)11-17/h5-11,19H,4,12-14H2,1-3H3,(H,23,26). The van der Waals surface area contributed by atoms with Gasteiger partial charge in [0.25, 0.3) is 0 Å². The fraction of sp³-hybridized carbons (Fsp3) is 0.364. The predicted octanol–water partition coefficient (Wildman–Crippen LogP) is 3.85. The molecule has 2 amide bonds. The first-order chi connectivity index (χ1) is 12.5. The maximum atomic E-state index is 12.7. The lowest BCUT2D eigenvalue weighted by molar-refractivity contribution is -0.128. The Bertz CT molecular complexity index is 829. The summed E-state index contributed by atoms with van der Waals surface area (Å²) in [5, 5.41) is 3.07. The molecule has 0 saturated carbocycles. The molecule has 1 saturated heterocycles. The van der Waals surface area contributed by atoms with Crippen LogP contribution in [0.3, 0.4) is 0 Å². The molecule has 0 bridgehead atoms. The van der Waals surface area contributed by atoms with Crippen molar-refractivity contribution >= 4 is 17.5 Å². The van der Waals surface area contributed by atoms with Crippen LogP contribution in [0.25, 0.3) is 0 Å². The van der Waals surface area contributed by atoms with E-state index in [-0.39, 0.29) is 24.2 Å². The number of hydrogen-bond acceptors (Lipinski definition) is 2. The number of nitrogens with one attached hydrogen (secondary N) is 1. The van der Waals surface area contributed by atoms with E-state index >= 15 is 0 Å². The van der Waals surface area contributed by atoms with E-state index in [1.165, 1.54) is 5.56 Å². The van der Waals surface area contributed by atoms with E-state index < -0.39 is 0 Å². The van der Waals surface area contributed by atoms with E-state index in [0.717, 1.165) is 28.8 Å². The Morgan fingerprint density at radius 1 is 1.19 bits per heavy atom. The van der Waals surface area contributed by atoms with Crippen LogP contribution in [-0.2, 0) is 22.6 Å². The number of rotatable bonds is 5. The van der Waals surface area contributed by atoms with Crippen molar-refractivity contribution in [1.29, 1.82) is 0 Å². The van der Waals surface area contributed by atoms with Gasteiger partial charge in [-0.1, -0.05) is 55.0 Å². The third kappa shape index (κ3) is 3.96. The third-order valence-corrected chi connectivity index (χ3v) is 5.03. The molecule has 1 unspecified atom stereocenters. The summed E-state index contributed by atoms with van der Waals surface area (Å²) in [7, 11) is 0. The van der Waals surface area contributed by atoms with Gasteiger partial charge in [0.2, 0.25) is 11.8 Å². The summed E-state index contributed by atoms with van der Waals surface area (Å²) < 4.78 is 0. The number of para-hydroxylation sites is 1. The summed E-state index contributed by atoms with van der Waals surface area (Å²) >= 11 is 0. The summed E-state index contributed by atoms with van der Waals surface area (Å²) in [6.07, 6.45) is 1.14. The maximum absolute atomic E-state index is 12.7. The molecule has 1 N–H and O–H groups in total. The van der Waals surface area contributed by atoms with Gasteiger partial charge in [-0.2, -0.15) is 0 Å². The van der Waals surface area contributed by atoms with Crippen LogP contribution in [0, 0.1) is 19.8 Å². The quantitative estimate of drug-likeness (QED) is 0.890. The molecular formula is C22H26N2O2. The molecule has 136 valence electrons. The van der Waals surface area contributed by atoms with Crippen LogP contribution in [0.1, 0.15) is 35.6 Å². The number of carbonyl (C=O) groups is 2. The highest BCUT2D eigenvalue weighted by Crippen LogP contribution is 2.25. The monoisotopic (exact) mass is 350 g/mol. The van der Waals surface area contributed by atoms with Gasteiger partial charge in [-0.3, -0.25) is 9.59 Å². The number of likely N-dealkylation sites (tertiary alicyclic amines) is 1. The van der Waals surface area contributed by atoms with Gasteiger partial charge in [-0.05, 0) is 37.0 Å². The Morgan fingerprint density at radius 2 is 1.96 bits per heavy atom. The molecule has 1 fully saturated rings. The normalized spacial score (nSPS) is 16.8. The van der Waals surface area contributed by atoms with Gasteiger partial charge in [-0.15, -0.1) is 0 Å². The fourth-order valence-electron chi connectivity index (χ4n) is 3.56. The third-order valence-electron chi connectivity index (χ3n) is 5.03. The minimum atomic E-state index is -0.295. The zero-order valence-corrected chi connectivity index (χ0v) is 15.7. The largest absolute Gasteiger partial charge is 0.338 e. The van der Waals surface area contributed by atoms with Crippen molar-refractivity contribution in [3.63, 3.8) is 0 Å². The van der Waals surface area contributed by atoms with E-state index in [4.69, 9.17) is 0 Å². The summed E-state index contributed by atoms with van der Waals surface area (Å²) in [5.74, 6) is -0.308. The van der Waals surface area contributed by atoms with Gasteiger partial charge in [0.05, 0.1) is 5.92 Å². The molecule has 26 heavy (non-hydrogen) atoms. The second-order valence-electron chi connectivity index (χ2n) is 7.12. The van der Waals surface area contributed by atoms with Crippen molar-refractivity contribution < 1.29 is 9.59 Å². The van der Waals surface area contributed by atoms with E-state index in [9.17, 15) is 9.59 Å². The van der Waals surface area contributed by atoms with Crippen LogP contribution in [-0.4, -0.2) is 23.3 Å². The Hall–Kier alpha value is -2.62. The smallest absolute Gasteiger partial charge is 0.229 e. The zero-order chi connectivity index (χ0) is 18.7. The van der Waals surface area contributed by atoms with Crippen LogP contribution in [0.2, 0.25) is 0 Å². The lowest BCUT2D eigenvalue weighted by atomic mass is 10.0. The van der Waals surface area contributed by atoms with Crippen molar-refractivity contribution in [3.05, 3.63) is 64.7 Å². The van der Waals surface area contributed by atoms with E-state index in [1.807, 2.05) is 50.2 Å². The highest BCUT2D eigenvalue weighted by molar-refractivity contribution is 5.98. The molecule has 4 nitrogen and oxygen atoms in total. The Balaban J connectivity index is 1.68. The number of carbonyl (C=O) groups excluding carboxylic acids is 2. The molecule has 4 heteroatoms. The molecule has 0 spiro atoms. The van der Waals surface area contributed by atoms with Gasteiger partial charge in [-0.25, -0.2) is 0 Å². The van der Waals surface area contributed by atoms with E-state index in [0.29, 0.717) is 13.1 Å². The molecular weight excluding hydrogens is 324 g/mol. The van der Waals surface area contributed by atoms with Crippen molar-refractivity contribution in [2.24, 2.45) is 5.92 Å². The minimum Gasteiger partial charge on any atom is -0.338 e. The average molecular weight is 350 g/mol. The van der Waals surface area contributed by atoms with Crippen LogP contribution in [0.4, 0.5) is 5.69 Å². The van der Waals surface area contributed by atoms with Crippen molar-refractivity contribution in [2.45, 2.75) is 40.2 Å². The number of anilines is 1. The Kier molecular flexibility index (Phi) is 5.40. The zero-order valence-electron chi connectivity index (χ0n) is 15.7. The lowest BCUT2D eigenvalue weighted by Gasteiger charge is -2.18. The van der Waals surface area contributed by atoms with Crippen LogP contribution in [0.15, 0.2) is 42.5 Å². The van der Waals surface area contributed by atoms with Gasteiger partial charge >= 0.3 is 0 Å². The fourth-order valence-corrected chi connectivity index (χ4v) is 3.56. The molecule has 2 aromatic rings. The predicted molar refractivity (Wildman–Crippen MR) is 104 cm³/mol. The summed E-state index contributed by atoms with van der Waals surface area (Å²) in [6.45, 7) is 7.16. The number of benzene rings is 2. The molecule has 1 aliphatic rings. The van der Waals surface area contributed by atoms with Gasteiger partial charge in [0.15, 0.2) is 0 Å². The van der Waals surface area contributed by atoms with Crippen LogP contribution in [0.5, 0.6) is 0 Å². The molecule has 3 rings (SSSR count). The minimum absolute atomic E-state index is 0.0483. The molecule has 2 aromatic carbocycles. The highest BCUT2D eigenvalue weighted by atomic mass is 16.2. The van der Waals surface area contributed by atoms with Gasteiger partial charge < -0.3 is 10.2 Å². The number of hydrogen-bond donors (Lipinski definition) is 1. The number of nitrogens with zero attached hydrogens (tertiary/aromatic N) is 1. The average Bonchev–Trinajstić information content (AvgIpc) is 2.97. The summed E-state index contributed by atoms with van der Waals surface area (Å²) in [6, 6.07) is 14.2. The van der Waals surface area contributed by atoms with Crippen LogP contribution < -0.4 is 5.32 Å². The summed E-state index contributed by atoms with van der Waals surface area (Å²) in [5.41, 5.74) is 5.35. The van der Waals surface area contributed by atoms with Crippen molar-refractivity contribution in [2.75, 3.05) is 11.9 Å². The number of aryl methyl sites for hydroxylation is 3. The van der Waals surface area contributed by atoms with Gasteiger partial charge in [0.1, 0.15) is 0 Å². The molecule has 0 aliphatic carbocycles. The highest BCUT2D eigenvalue weighted by Gasteiger charge is 2.34. The molecule has 0 radical (unpaired) electrons. The van der Waals surface area contributed by atoms with E-state index in [2.05, 4.69) is 18.3 Å². The van der Waals surface area contributed by atoms with Crippen LogP contribution >= 0.6 is 0 Å². The van der Waals surface area contributed by atoms with Gasteiger partial charge in [0, 0.05) is 25.2 Å². The van der Waals surface area contributed by atoms with Crippen molar-refractivity contribution in [3.8, 4) is 0 Å². The van der Waals surface area contributed by atoms with E-state index in [1.54, 1.807) is 4.90 Å².